The molecule has 0 saturated heterocycles. The Hall–Kier alpha value is -5.98. The Kier molecular flexibility index (Phi) is 19.0. The van der Waals surface area contributed by atoms with Crippen LogP contribution >= 0.6 is 0 Å². The van der Waals surface area contributed by atoms with E-state index in [-0.39, 0.29) is 41.1 Å². The Labute approximate surface area is 290 Å². The zero-order chi connectivity index (χ0) is 37.6. The van der Waals surface area contributed by atoms with Crippen LogP contribution in [-0.2, 0) is 11.3 Å². The van der Waals surface area contributed by atoms with E-state index >= 15 is 0 Å². The Morgan fingerprint density at radius 1 is 1.06 bits per heavy atom. The van der Waals surface area contributed by atoms with Crippen LogP contribution in [0.15, 0.2) is 47.7 Å². The van der Waals surface area contributed by atoms with E-state index in [0.29, 0.717) is 40.7 Å². The second kappa shape index (κ2) is 22.6. The van der Waals surface area contributed by atoms with Gasteiger partial charge < -0.3 is 48.2 Å². The number of amides is 1. The molecule has 1 atom stereocenters. The molecule has 0 aliphatic carbocycles. The van der Waals surface area contributed by atoms with Crippen molar-refractivity contribution in [3.8, 4) is 5.75 Å². The number of aliphatic hydroxyl groups excluding tert-OH is 1. The first-order valence-electron chi connectivity index (χ1n) is 15.4. The molecule has 0 aliphatic heterocycles. The molecule has 14 N–H and O–H groups in total. The second-order valence-electron chi connectivity index (χ2n) is 9.88. The molecule has 2 heterocycles. The summed E-state index contributed by atoms with van der Waals surface area (Å²) in [7, 11) is 2.82. The number of hydrogen-bond donors (Lipinski definition) is 10. The number of benzene rings is 2. The Morgan fingerprint density at radius 3 is 2.40 bits per heavy atom. The lowest BCUT2D eigenvalue weighted by molar-refractivity contribution is -0.109. The van der Waals surface area contributed by atoms with Crippen molar-refractivity contribution >= 4 is 52.9 Å². The van der Waals surface area contributed by atoms with Gasteiger partial charge in [-0.15, -0.1) is 5.10 Å². The van der Waals surface area contributed by atoms with Crippen LogP contribution < -0.4 is 44.5 Å². The number of nitrogens with two attached hydrogens (primary N) is 4. The quantitative estimate of drug-likeness (QED) is 0.0175. The first-order valence-corrected chi connectivity index (χ1v) is 15.4. The SMILES string of the molecule is CC.CNCCCC(C=O)NC(=O)c1ccc(NCc2cnc3nc(N)nc(N)c3n2)c(O)c1.CO.Cc1ccc(C=O)c(/C(N)=N/NN)c1. The number of aromatic hydroxyl groups is 1. The van der Waals surface area contributed by atoms with Crippen molar-refractivity contribution in [3.63, 3.8) is 0 Å². The summed E-state index contributed by atoms with van der Waals surface area (Å²) >= 11 is 0. The number of hydrogen-bond acceptors (Lipinski definition) is 16. The fourth-order valence-electron chi connectivity index (χ4n) is 4.13. The van der Waals surface area contributed by atoms with E-state index in [1.807, 2.05) is 33.9 Å². The molecule has 0 aliphatic rings. The summed E-state index contributed by atoms with van der Waals surface area (Å²) in [5, 5.41) is 29.6. The molecular weight excluding hydrogens is 646 g/mol. The van der Waals surface area contributed by atoms with Gasteiger partial charge in [0.25, 0.3) is 5.91 Å². The third-order valence-corrected chi connectivity index (χ3v) is 6.44. The van der Waals surface area contributed by atoms with Crippen LogP contribution in [0.5, 0.6) is 5.75 Å². The third kappa shape index (κ3) is 12.9. The van der Waals surface area contributed by atoms with Gasteiger partial charge in [0.2, 0.25) is 5.95 Å². The number of amidine groups is 1. The summed E-state index contributed by atoms with van der Waals surface area (Å²) < 4.78 is 0. The number of aromatic nitrogens is 4. The average Bonchev–Trinajstić information content (AvgIpc) is 3.12. The fourth-order valence-corrected chi connectivity index (χ4v) is 4.13. The molecule has 18 nitrogen and oxygen atoms in total. The Morgan fingerprint density at radius 2 is 1.78 bits per heavy atom. The monoisotopic (exact) mass is 693 g/mol. The molecule has 0 spiro atoms. The minimum absolute atomic E-state index is 0.0154. The van der Waals surface area contributed by atoms with Crippen molar-refractivity contribution in [3.05, 3.63) is 70.5 Å². The van der Waals surface area contributed by atoms with Gasteiger partial charge in [-0.1, -0.05) is 31.5 Å². The highest BCUT2D eigenvalue weighted by atomic mass is 16.3. The smallest absolute Gasteiger partial charge is 0.251 e. The van der Waals surface area contributed by atoms with Crippen molar-refractivity contribution < 1.29 is 24.6 Å². The highest BCUT2D eigenvalue weighted by Crippen LogP contribution is 2.25. The highest BCUT2D eigenvalue weighted by molar-refractivity contribution is 6.03. The molecule has 18 heteroatoms. The number of phenolic OH excluding ortho intramolecular Hbond substituents is 1. The van der Waals surface area contributed by atoms with Crippen LogP contribution in [-0.4, -0.2) is 81.2 Å². The molecule has 4 aromatic rings. The standard InChI is InChI=1S/C20H25N9O3.C9H12N4O.C2H6.CH4O/c1-23-6-2-3-12(10-30)27-19(32)11-4-5-14(15(31)7-11)24-8-13-9-25-18-16(26-13)17(21)28-20(22)29-18;1-6-2-3-7(5-14)8(4-6)9(10)12-13-11;2*1-2/h4-5,7,9-10,12,23-24,31H,2-3,6,8H2,1H3,(H,27,32)(H4,21,22,25,28,29);2-5,13H,11H2,1H3,(H2,10,12);1-2H3;2H,1H3. The Bertz CT molecular complexity index is 1720. The molecule has 1 unspecified atom stereocenters. The number of nitrogen functional groups attached to an aromatic ring is 2. The normalized spacial score (nSPS) is 10.9. The van der Waals surface area contributed by atoms with Crippen molar-refractivity contribution in [1.29, 1.82) is 0 Å². The van der Waals surface area contributed by atoms with Gasteiger partial charge in [0.15, 0.2) is 29.1 Å². The second-order valence-corrected chi connectivity index (χ2v) is 9.88. The number of nitrogens with zero attached hydrogens (tertiary/aromatic N) is 5. The zero-order valence-corrected chi connectivity index (χ0v) is 28.8. The van der Waals surface area contributed by atoms with E-state index in [9.17, 15) is 19.5 Å². The molecule has 50 heavy (non-hydrogen) atoms. The van der Waals surface area contributed by atoms with Crippen molar-refractivity contribution in [2.75, 3.05) is 37.5 Å². The number of rotatable bonds is 13. The van der Waals surface area contributed by atoms with Crippen LogP contribution in [0.3, 0.4) is 0 Å². The lowest BCUT2D eigenvalue weighted by Gasteiger charge is -2.14. The van der Waals surface area contributed by atoms with Gasteiger partial charge in [-0.3, -0.25) is 9.59 Å². The van der Waals surface area contributed by atoms with E-state index < -0.39 is 11.9 Å². The minimum Gasteiger partial charge on any atom is -0.506 e. The maximum absolute atomic E-state index is 12.4. The molecule has 2 aromatic heterocycles. The predicted octanol–water partition coefficient (Wildman–Crippen LogP) is 0.725. The van der Waals surface area contributed by atoms with Crippen molar-refractivity contribution in [1.82, 2.24) is 36.1 Å². The van der Waals surface area contributed by atoms with Gasteiger partial charge in [-0.05, 0) is 57.6 Å². The molecule has 4 rings (SSSR count). The van der Waals surface area contributed by atoms with Gasteiger partial charge in [-0.2, -0.15) is 9.97 Å². The molecule has 0 fully saturated rings. The average molecular weight is 694 g/mol. The summed E-state index contributed by atoms with van der Waals surface area (Å²) in [5.74, 6) is 4.76. The van der Waals surface area contributed by atoms with Crippen LogP contribution in [0.2, 0.25) is 0 Å². The van der Waals surface area contributed by atoms with Gasteiger partial charge >= 0.3 is 0 Å². The summed E-state index contributed by atoms with van der Waals surface area (Å²) in [4.78, 5) is 50.7. The lowest BCUT2D eigenvalue weighted by Crippen LogP contribution is -2.36. The molecule has 1 amide bonds. The number of anilines is 3. The molecule has 0 saturated carbocycles. The number of phenols is 1. The van der Waals surface area contributed by atoms with E-state index in [1.165, 1.54) is 12.3 Å². The minimum atomic E-state index is -0.589. The van der Waals surface area contributed by atoms with E-state index in [2.05, 4.69) is 46.5 Å². The van der Waals surface area contributed by atoms with Crippen LogP contribution in [0.1, 0.15) is 64.2 Å². The summed E-state index contributed by atoms with van der Waals surface area (Å²) in [6.45, 7) is 6.88. The fraction of sp³-hybridized carbons (Fsp3) is 0.312. The predicted molar refractivity (Wildman–Crippen MR) is 194 cm³/mol. The summed E-state index contributed by atoms with van der Waals surface area (Å²) in [6.07, 6.45) is 4.22. The molecule has 2 aromatic carbocycles. The number of hydrazone groups is 1. The topological polar surface area (TPSA) is 308 Å². The summed E-state index contributed by atoms with van der Waals surface area (Å²) in [6, 6.07) is 9.15. The van der Waals surface area contributed by atoms with E-state index in [0.717, 1.165) is 31.9 Å². The molecule has 0 bridgehead atoms. The lowest BCUT2D eigenvalue weighted by atomic mass is 10.0. The molecular formula is C32H47N13O5. The maximum atomic E-state index is 12.4. The number of aliphatic hydroxyl groups is 1. The van der Waals surface area contributed by atoms with Gasteiger partial charge in [-0.25, -0.2) is 21.3 Å². The van der Waals surface area contributed by atoms with Gasteiger partial charge in [0.1, 0.15) is 12.0 Å². The number of nitrogens with one attached hydrogen (secondary N) is 4. The van der Waals surface area contributed by atoms with Crippen molar-refractivity contribution in [2.24, 2.45) is 16.7 Å². The number of aldehydes is 2. The first-order chi connectivity index (χ1) is 24.1. The largest absolute Gasteiger partial charge is 0.506 e. The summed E-state index contributed by atoms with van der Waals surface area (Å²) in [5.41, 5.74) is 22.9. The molecule has 270 valence electrons. The number of fused-ring (bicyclic) bond motifs is 1. The Balaban J connectivity index is 0.000000580. The van der Waals surface area contributed by atoms with Gasteiger partial charge in [0.05, 0.1) is 30.2 Å². The number of carbonyl (C=O) groups is 3. The highest BCUT2D eigenvalue weighted by Gasteiger charge is 2.15. The molecule has 0 radical (unpaired) electrons. The van der Waals surface area contributed by atoms with Crippen molar-refractivity contribution in [2.45, 2.75) is 46.2 Å². The zero-order valence-electron chi connectivity index (χ0n) is 28.8. The van der Waals surface area contributed by atoms with Crippen LogP contribution in [0.4, 0.5) is 17.5 Å². The van der Waals surface area contributed by atoms with E-state index in [1.54, 1.807) is 24.3 Å². The number of carbonyl (C=O) groups excluding carboxylic acids is 3. The van der Waals surface area contributed by atoms with Gasteiger partial charge in [0, 0.05) is 23.8 Å². The third-order valence-electron chi connectivity index (χ3n) is 6.44. The van der Waals surface area contributed by atoms with Crippen LogP contribution in [0.25, 0.3) is 11.2 Å². The first kappa shape index (κ1) is 42.0. The van der Waals surface area contributed by atoms with E-state index in [4.69, 9.17) is 28.2 Å². The maximum Gasteiger partial charge on any atom is 0.251 e. The number of hydrazine groups is 1. The van der Waals surface area contributed by atoms with Crippen LogP contribution in [0, 0.1) is 6.92 Å². The number of aryl methyl sites for hydroxylation is 1.